The molecular formula is C51H56Cl2F3N9O4S. The maximum atomic E-state index is 14.2. The van der Waals surface area contributed by atoms with E-state index in [0.29, 0.717) is 76.7 Å². The van der Waals surface area contributed by atoms with E-state index in [1.54, 1.807) is 30.6 Å². The number of aliphatic imine (C=N–C) groups is 1. The molecule has 4 bridgehead atoms. The number of piperazine rings is 1. The number of nitrogens with zero attached hydrogens (tertiary/aromatic N) is 6. The Bertz CT molecular complexity index is 2720. The summed E-state index contributed by atoms with van der Waals surface area (Å²) in [6, 6.07) is 17.5. The normalized spacial score (nSPS) is 15.0. The second kappa shape index (κ2) is 23.9. The minimum Gasteiger partial charge on any atom is -0.490 e. The van der Waals surface area contributed by atoms with Crippen LogP contribution in [0.4, 0.5) is 24.0 Å². The van der Waals surface area contributed by atoms with E-state index in [-0.39, 0.29) is 45.2 Å². The summed E-state index contributed by atoms with van der Waals surface area (Å²) < 4.78 is 64.1. The summed E-state index contributed by atoms with van der Waals surface area (Å²) >= 11 is 15.6. The van der Waals surface area contributed by atoms with E-state index >= 15 is 0 Å². The van der Waals surface area contributed by atoms with Gasteiger partial charge in [-0.3, -0.25) is 0 Å². The number of ether oxygens (including phenoxy) is 4. The van der Waals surface area contributed by atoms with Gasteiger partial charge in [-0.05, 0) is 98.7 Å². The van der Waals surface area contributed by atoms with Crippen LogP contribution >= 0.6 is 34.5 Å². The predicted octanol–water partition coefficient (Wildman–Crippen LogP) is 10.3. The van der Waals surface area contributed by atoms with Gasteiger partial charge in [-0.2, -0.15) is 0 Å². The molecule has 370 valence electrons. The Morgan fingerprint density at radius 1 is 0.814 bits per heavy atom. The highest BCUT2D eigenvalue weighted by molar-refractivity contribution is 7.20. The summed E-state index contributed by atoms with van der Waals surface area (Å²) in [5.41, 5.74) is 6.99. The maximum Gasteiger partial charge on any atom is 0.239 e. The van der Waals surface area contributed by atoms with Crippen LogP contribution in [0, 0.1) is 19.7 Å². The summed E-state index contributed by atoms with van der Waals surface area (Å²) in [4.78, 5) is 24.0. The molecule has 6 aromatic rings. The molecule has 0 atom stereocenters. The molecule has 3 aromatic heterocycles. The zero-order valence-corrected chi connectivity index (χ0v) is 41.8. The topological polar surface area (TPSA) is 131 Å². The lowest BCUT2D eigenvalue weighted by Gasteiger charge is -2.28. The number of benzene rings is 3. The Labute approximate surface area is 420 Å². The van der Waals surface area contributed by atoms with Gasteiger partial charge in [0.05, 0.1) is 27.9 Å². The van der Waals surface area contributed by atoms with E-state index < -0.39 is 6.43 Å². The zero-order valence-electron chi connectivity index (χ0n) is 39.5. The summed E-state index contributed by atoms with van der Waals surface area (Å²) in [6.07, 6.45) is 1.31. The number of hydrogen-bond donors (Lipinski definition) is 3. The van der Waals surface area contributed by atoms with Gasteiger partial charge in [-0.1, -0.05) is 35.3 Å². The number of fused-ring (bicyclic) bond motifs is 7. The maximum absolute atomic E-state index is 14.2. The van der Waals surface area contributed by atoms with Crippen LogP contribution in [-0.2, 0) is 17.8 Å². The van der Waals surface area contributed by atoms with E-state index in [9.17, 15) is 13.2 Å². The third-order valence-corrected chi connectivity index (χ3v) is 14.1. The van der Waals surface area contributed by atoms with Crippen molar-refractivity contribution in [2.45, 2.75) is 39.7 Å². The quantitative estimate of drug-likeness (QED) is 0.101. The molecule has 19 heteroatoms. The van der Waals surface area contributed by atoms with Gasteiger partial charge in [-0.15, -0.1) is 11.3 Å². The Morgan fingerprint density at radius 2 is 1.54 bits per heavy atom. The van der Waals surface area contributed by atoms with E-state index in [0.717, 1.165) is 54.4 Å². The molecule has 4 aliphatic heterocycles. The zero-order chi connectivity index (χ0) is 49.1. The summed E-state index contributed by atoms with van der Waals surface area (Å²) in [5.74, 6) is 2.86. The first-order valence-electron chi connectivity index (χ1n) is 23.2. The lowest BCUT2D eigenvalue weighted by Crippen LogP contribution is -2.42. The van der Waals surface area contributed by atoms with Crippen molar-refractivity contribution in [1.29, 1.82) is 0 Å². The van der Waals surface area contributed by atoms with Gasteiger partial charge in [0, 0.05) is 92.6 Å². The van der Waals surface area contributed by atoms with Crippen molar-refractivity contribution in [1.82, 2.24) is 30.1 Å². The highest BCUT2D eigenvalue weighted by atomic mass is 35.5. The predicted molar refractivity (Wildman–Crippen MR) is 273 cm³/mol. The van der Waals surface area contributed by atoms with Crippen LogP contribution in [-0.4, -0.2) is 123 Å². The second-order valence-electron chi connectivity index (χ2n) is 17.0. The molecule has 1 fully saturated rings. The number of halogens is 5. The molecule has 0 saturated carbocycles. The van der Waals surface area contributed by atoms with Crippen molar-refractivity contribution in [3.8, 4) is 50.2 Å². The van der Waals surface area contributed by atoms with Crippen LogP contribution in [0.5, 0.6) is 17.2 Å². The molecule has 4 aliphatic rings. The van der Waals surface area contributed by atoms with Crippen molar-refractivity contribution in [3.05, 3.63) is 117 Å². The fourth-order valence-electron chi connectivity index (χ4n) is 8.08. The molecule has 70 heavy (non-hydrogen) atoms. The smallest absolute Gasteiger partial charge is 0.239 e. The highest BCUT2D eigenvalue weighted by Gasteiger charge is 2.32. The summed E-state index contributed by atoms with van der Waals surface area (Å²) in [6.45, 7) is 11.2. The first-order chi connectivity index (χ1) is 33.9. The SMILES string of the molecule is CN1CCN(C)CC1.Cc1c(Cl)c2c(Cl)c(C)c1-c1c(-c3ccc(F)cc3)sc3c1C(=NCN3)OCCc1cc(ccc1OCc1ccnc(-c3ccc(NCCNCCC(F)F)nc3)n1)OCCO2. The molecule has 3 aromatic carbocycles. The third-order valence-electron chi connectivity index (χ3n) is 12.0. The number of thiophene rings is 1. The Kier molecular flexibility index (Phi) is 17.3. The van der Waals surface area contributed by atoms with Crippen LogP contribution < -0.4 is 30.2 Å². The standard InChI is InChI=1S/C45H42Cl2F3N7O4S.C6H14N2/c1-25-36-26(2)40(47)41(39(25)46)59-20-19-58-32-8-9-33(61-23-31-11-15-53-43(57-31)29-5-10-35(54-22-29)52-17-16-51-14-12-34(49)50)28(21-32)13-18-60-44-38-37(36)42(62-45(38)56-24-55-44)27-3-6-30(48)7-4-27;1-7-3-5-8(2)6-4-7/h3-11,15,21-22,34,51,56H,12-14,16-20,23-24H2,1-2H3,(H,52,54);3-6H2,1-2H3. The van der Waals surface area contributed by atoms with Crippen LogP contribution in [0.15, 0.2) is 78.0 Å². The molecule has 7 heterocycles. The minimum atomic E-state index is -2.31. The number of nitrogens with one attached hydrogen (secondary N) is 3. The number of alkyl halides is 2. The first kappa shape index (κ1) is 50.7. The van der Waals surface area contributed by atoms with Crippen LogP contribution in [0.1, 0.15) is 34.4 Å². The highest BCUT2D eigenvalue weighted by Crippen LogP contribution is 2.53. The van der Waals surface area contributed by atoms with Crippen LogP contribution in [0.25, 0.3) is 33.0 Å². The summed E-state index contributed by atoms with van der Waals surface area (Å²) in [5, 5.41) is 11.2. The number of pyridine rings is 1. The molecule has 10 rings (SSSR count). The largest absolute Gasteiger partial charge is 0.490 e. The van der Waals surface area contributed by atoms with Gasteiger partial charge < -0.3 is 44.7 Å². The molecule has 3 N–H and O–H groups in total. The lowest BCUT2D eigenvalue weighted by molar-refractivity contribution is 0.137. The molecule has 0 aliphatic carbocycles. The monoisotopic (exact) mass is 1020 g/mol. The lowest BCUT2D eigenvalue weighted by atomic mass is 9.90. The van der Waals surface area contributed by atoms with Crippen molar-refractivity contribution in [2.24, 2.45) is 4.99 Å². The van der Waals surface area contributed by atoms with Gasteiger partial charge in [0.2, 0.25) is 12.3 Å². The molecule has 13 nitrogen and oxygen atoms in total. The molecule has 1 saturated heterocycles. The first-order valence-corrected chi connectivity index (χ1v) is 24.7. The van der Waals surface area contributed by atoms with Gasteiger partial charge in [-0.25, -0.2) is 33.1 Å². The molecule has 0 radical (unpaired) electrons. The number of likely N-dealkylation sites (N-methyl/N-ethyl adjacent to an activating group) is 2. The molecule has 0 amide bonds. The number of aromatic nitrogens is 3. The van der Waals surface area contributed by atoms with E-state index in [2.05, 4.69) is 49.8 Å². The van der Waals surface area contributed by atoms with Crippen LogP contribution in [0.3, 0.4) is 0 Å². The average Bonchev–Trinajstić information content (AvgIpc) is 3.75. The second-order valence-corrected chi connectivity index (χ2v) is 18.8. The number of hydrogen-bond acceptors (Lipinski definition) is 14. The van der Waals surface area contributed by atoms with Crippen molar-refractivity contribution in [2.75, 3.05) is 97.0 Å². The van der Waals surface area contributed by atoms with E-state index in [1.807, 2.05) is 44.2 Å². The fourth-order valence-corrected chi connectivity index (χ4v) is 9.81. The average molecular weight is 1020 g/mol. The summed E-state index contributed by atoms with van der Waals surface area (Å²) in [7, 11) is 4.35. The molecular weight excluding hydrogens is 963 g/mol. The fraction of sp³-hybridized carbons (Fsp3) is 0.373. The minimum absolute atomic E-state index is 0.159. The van der Waals surface area contributed by atoms with Gasteiger partial charge >= 0.3 is 0 Å². The van der Waals surface area contributed by atoms with Gasteiger partial charge in [0.15, 0.2) is 11.6 Å². The third kappa shape index (κ3) is 12.6. The van der Waals surface area contributed by atoms with Gasteiger partial charge in [0.25, 0.3) is 0 Å². The molecule has 0 unspecified atom stereocenters. The Morgan fingerprint density at radius 3 is 2.26 bits per heavy atom. The van der Waals surface area contributed by atoms with E-state index in [4.69, 9.17) is 52.1 Å². The Balaban J connectivity index is 0.000000749. The number of rotatable bonds is 12. The van der Waals surface area contributed by atoms with Gasteiger partial charge in [0.1, 0.15) is 54.6 Å². The Hall–Kier alpha value is -5.69. The van der Waals surface area contributed by atoms with E-state index in [1.165, 1.54) is 49.6 Å². The van der Waals surface area contributed by atoms with Crippen LogP contribution in [0.2, 0.25) is 10.0 Å². The van der Waals surface area contributed by atoms with Crippen molar-refractivity contribution >= 4 is 51.3 Å². The van der Waals surface area contributed by atoms with Crippen molar-refractivity contribution in [3.63, 3.8) is 0 Å². The van der Waals surface area contributed by atoms with Crippen molar-refractivity contribution < 1.29 is 32.1 Å². The molecule has 0 spiro atoms. The number of anilines is 2.